The molecule has 2 aromatic rings. The zero-order chi connectivity index (χ0) is 16.2. The number of hydrogen-bond donors (Lipinski definition) is 2. The summed E-state index contributed by atoms with van der Waals surface area (Å²) < 4.78 is 7.57. The van der Waals surface area contributed by atoms with Gasteiger partial charge in [0.1, 0.15) is 12.4 Å². The lowest BCUT2D eigenvalue weighted by molar-refractivity contribution is 0.322. The molecule has 6 heteroatoms. The van der Waals surface area contributed by atoms with E-state index in [2.05, 4.69) is 27.6 Å². The Bertz CT molecular complexity index is 554. The van der Waals surface area contributed by atoms with E-state index >= 15 is 0 Å². The highest BCUT2D eigenvalue weighted by molar-refractivity contribution is 5.79. The summed E-state index contributed by atoms with van der Waals surface area (Å²) in [5, 5.41) is 10.7. The third kappa shape index (κ3) is 6.86. The molecule has 124 valence electrons. The molecule has 0 unspecified atom stereocenters. The minimum Gasteiger partial charge on any atom is -0.492 e. The van der Waals surface area contributed by atoms with Crippen LogP contribution in [0.1, 0.15) is 13.3 Å². The van der Waals surface area contributed by atoms with Crippen molar-refractivity contribution in [2.45, 2.75) is 19.9 Å². The van der Waals surface area contributed by atoms with Crippen molar-refractivity contribution in [2.24, 2.45) is 4.99 Å². The fourth-order valence-corrected chi connectivity index (χ4v) is 2.05. The molecule has 0 radical (unpaired) electrons. The highest BCUT2D eigenvalue weighted by Gasteiger charge is 1.97. The van der Waals surface area contributed by atoms with E-state index in [0.717, 1.165) is 37.8 Å². The predicted molar refractivity (Wildman–Crippen MR) is 92.8 cm³/mol. The lowest BCUT2D eigenvalue weighted by Gasteiger charge is -2.12. The minimum atomic E-state index is 0.599. The van der Waals surface area contributed by atoms with Gasteiger partial charge in [-0.15, -0.1) is 0 Å². The Morgan fingerprint density at radius 3 is 2.83 bits per heavy atom. The summed E-state index contributed by atoms with van der Waals surface area (Å²) >= 11 is 0. The monoisotopic (exact) mass is 315 g/mol. The van der Waals surface area contributed by atoms with Crippen molar-refractivity contribution in [3.05, 3.63) is 48.8 Å². The molecule has 0 fully saturated rings. The Labute approximate surface area is 137 Å². The van der Waals surface area contributed by atoms with Crippen LogP contribution in [0.3, 0.4) is 0 Å². The number of hydrogen-bond acceptors (Lipinski definition) is 3. The van der Waals surface area contributed by atoms with Gasteiger partial charge in [-0.1, -0.05) is 18.2 Å². The van der Waals surface area contributed by atoms with Crippen LogP contribution in [0, 0.1) is 0 Å². The molecule has 0 saturated carbocycles. The average molecular weight is 315 g/mol. The summed E-state index contributed by atoms with van der Waals surface area (Å²) in [5.74, 6) is 1.71. The Morgan fingerprint density at radius 2 is 2.09 bits per heavy atom. The number of ether oxygens (including phenoxy) is 1. The molecule has 0 saturated heterocycles. The Hall–Kier alpha value is -2.50. The number of nitrogens with one attached hydrogen (secondary N) is 2. The molecule has 0 aliphatic carbocycles. The third-order valence-electron chi connectivity index (χ3n) is 3.13. The number of nitrogens with zero attached hydrogens (tertiary/aromatic N) is 3. The van der Waals surface area contributed by atoms with Gasteiger partial charge in [0.2, 0.25) is 0 Å². The highest BCUT2D eigenvalue weighted by Crippen LogP contribution is 2.07. The van der Waals surface area contributed by atoms with E-state index in [1.54, 1.807) is 6.20 Å². The van der Waals surface area contributed by atoms with Gasteiger partial charge >= 0.3 is 0 Å². The van der Waals surface area contributed by atoms with Crippen molar-refractivity contribution in [1.29, 1.82) is 0 Å². The number of aliphatic imine (C=N–C) groups is 1. The Balaban J connectivity index is 1.64. The van der Waals surface area contributed by atoms with Gasteiger partial charge in [0.15, 0.2) is 5.96 Å². The van der Waals surface area contributed by atoms with Gasteiger partial charge in [0.25, 0.3) is 0 Å². The Morgan fingerprint density at radius 1 is 1.22 bits per heavy atom. The van der Waals surface area contributed by atoms with Gasteiger partial charge in [-0.3, -0.25) is 9.67 Å². The lowest BCUT2D eigenvalue weighted by atomic mass is 10.3. The first-order valence-electron chi connectivity index (χ1n) is 8.06. The standard InChI is InChI=1S/C17H25N5O/c1-2-18-17(19-10-6-13-22-14-7-11-21-22)20-12-15-23-16-8-4-3-5-9-16/h3-5,7-9,11,14H,2,6,10,12-13,15H2,1H3,(H2,18,19,20). The molecular formula is C17H25N5O. The minimum absolute atomic E-state index is 0.599. The van der Waals surface area contributed by atoms with E-state index in [9.17, 15) is 0 Å². The second kappa shape index (κ2) is 10.3. The number of para-hydroxylation sites is 1. The van der Waals surface area contributed by atoms with Crippen LogP contribution < -0.4 is 15.4 Å². The van der Waals surface area contributed by atoms with Crippen molar-refractivity contribution in [2.75, 3.05) is 26.2 Å². The SMILES string of the molecule is CCNC(=NCCCn1cccn1)NCCOc1ccccc1. The molecule has 0 aliphatic rings. The van der Waals surface area contributed by atoms with E-state index in [1.165, 1.54) is 0 Å². The number of rotatable bonds is 9. The van der Waals surface area contributed by atoms with Gasteiger partial charge in [0, 0.05) is 32.0 Å². The third-order valence-corrected chi connectivity index (χ3v) is 3.13. The molecule has 6 nitrogen and oxygen atoms in total. The lowest BCUT2D eigenvalue weighted by Crippen LogP contribution is -2.39. The summed E-state index contributed by atoms with van der Waals surface area (Å²) in [6.07, 6.45) is 4.72. The van der Waals surface area contributed by atoms with Crippen LogP contribution in [-0.2, 0) is 6.54 Å². The van der Waals surface area contributed by atoms with Crippen molar-refractivity contribution < 1.29 is 4.74 Å². The fourth-order valence-electron chi connectivity index (χ4n) is 2.05. The molecule has 0 spiro atoms. The summed E-state index contributed by atoms with van der Waals surface area (Å²) in [4.78, 5) is 4.56. The molecule has 2 N–H and O–H groups in total. The van der Waals surface area contributed by atoms with Gasteiger partial charge in [-0.2, -0.15) is 5.10 Å². The fraction of sp³-hybridized carbons (Fsp3) is 0.412. The zero-order valence-corrected chi connectivity index (χ0v) is 13.6. The molecule has 0 aliphatic heterocycles. The molecule has 23 heavy (non-hydrogen) atoms. The van der Waals surface area contributed by atoms with Gasteiger partial charge in [0.05, 0.1) is 6.54 Å². The number of aromatic nitrogens is 2. The molecule has 1 heterocycles. The topological polar surface area (TPSA) is 63.5 Å². The van der Waals surface area contributed by atoms with Crippen LogP contribution in [0.25, 0.3) is 0 Å². The van der Waals surface area contributed by atoms with Crippen molar-refractivity contribution >= 4 is 5.96 Å². The number of benzene rings is 1. The maximum absolute atomic E-state index is 5.65. The predicted octanol–water partition coefficient (Wildman–Crippen LogP) is 1.91. The van der Waals surface area contributed by atoms with Crippen molar-refractivity contribution in [1.82, 2.24) is 20.4 Å². The normalized spacial score (nSPS) is 11.3. The first-order chi connectivity index (χ1) is 11.4. The first-order valence-corrected chi connectivity index (χ1v) is 8.06. The van der Waals surface area contributed by atoms with Gasteiger partial charge in [-0.05, 0) is 31.5 Å². The van der Waals surface area contributed by atoms with E-state index in [1.807, 2.05) is 47.3 Å². The van der Waals surface area contributed by atoms with Crippen LogP contribution in [0.15, 0.2) is 53.8 Å². The van der Waals surface area contributed by atoms with Crippen molar-refractivity contribution in [3.63, 3.8) is 0 Å². The largest absolute Gasteiger partial charge is 0.492 e. The summed E-state index contributed by atoms with van der Waals surface area (Å²) in [7, 11) is 0. The highest BCUT2D eigenvalue weighted by atomic mass is 16.5. The molecule has 0 bridgehead atoms. The smallest absolute Gasteiger partial charge is 0.191 e. The maximum atomic E-state index is 5.65. The number of guanidine groups is 1. The Kier molecular flexibility index (Phi) is 7.53. The van der Waals surface area contributed by atoms with Crippen molar-refractivity contribution in [3.8, 4) is 5.75 Å². The summed E-state index contributed by atoms with van der Waals surface area (Å²) in [6.45, 7) is 5.84. The second-order valence-electron chi connectivity index (χ2n) is 4.97. The quantitative estimate of drug-likeness (QED) is 0.421. The molecule has 1 aromatic carbocycles. The summed E-state index contributed by atoms with van der Waals surface area (Å²) in [6, 6.07) is 11.7. The van der Waals surface area contributed by atoms with Crippen LogP contribution in [0.4, 0.5) is 0 Å². The zero-order valence-electron chi connectivity index (χ0n) is 13.6. The van der Waals surface area contributed by atoms with Gasteiger partial charge < -0.3 is 15.4 Å². The molecular weight excluding hydrogens is 290 g/mol. The molecule has 0 amide bonds. The van der Waals surface area contributed by atoms with E-state index in [-0.39, 0.29) is 0 Å². The van der Waals surface area contributed by atoms with Crippen LogP contribution in [0.5, 0.6) is 5.75 Å². The maximum Gasteiger partial charge on any atom is 0.191 e. The van der Waals surface area contributed by atoms with Crippen LogP contribution in [0.2, 0.25) is 0 Å². The molecule has 2 rings (SSSR count). The van der Waals surface area contributed by atoms with Crippen LogP contribution in [-0.4, -0.2) is 42.0 Å². The van der Waals surface area contributed by atoms with Crippen LogP contribution >= 0.6 is 0 Å². The summed E-state index contributed by atoms with van der Waals surface area (Å²) in [5.41, 5.74) is 0. The molecule has 1 aromatic heterocycles. The second-order valence-corrected chi connectivity index (χ2v) is 4.97. The van der Waals surface area contributed by atoms with Gasteiger partial charge in [-0.25, -0.2) is 0 Å². The van der Waals surface area contributed by atoms with E-state index < -0.39 is 0 Å². The van der Waals surface area contributed by atoms with E-state index in [4.69, 9.17) is 4.74 Å². The molecule has 0 atom stereocenters. The number of aryl methyl sites for hydroxylation is 1. The first kappa shape index (κ1) is 16.9. The van der Waals surface area contributed by atoms with E-state index in [0.29, 0.717) is 13.2 Å². The average Bonchev–Trinajstić information content (AvgIpc) is 3.10.